The van der Waals surface area contributed by atoms with E-state index in [1.54, 1.807) is 12.1 Å². The fourth-order valence-corrected chi connectivity index (χ4v) is 1.52. The van der Waals surface area contributed by atoms with E-state index in [-0.39, 0.29) is 30.1 Å². The lowest BCUT2D eigenvalue weighted by Gasteiger charge is -2.15. The molecule has 0 bridgehead atoms. The van der Waals surface area contributed by atoms with Gasteiger partial charge in [-0.1, -0.05) is 0 Å². The highest BCUT2D eigenvalue weighted by Crippen LogP contribution is 2.27. The van der Waals surface area contributed by atoms with Crippen LogP contribution in [0.3, 0.4) is 0 Å². The summed E-state index contributed by atoms with van der Waals surface area (Å²) in [6.07, 6.45) is 0. The molecule has 20 heavy (non-hydrogen) atoms. The number of rotatable bonds is 5. The summed E-state index contributed by atoms with van der Waals surface area (Å²) in [5.74, 6) is -0.600. The fourth-order valence-electron chi connectivity index (χ4n) is 1.52. The monoisotopic (exact) mass is 274 g/mol. The van der Waals surface area contributed by atoms with Gasteiger partial charge in [-0.15, -0.1) is 0 Å². The Bertz CT molecular complexity index is 599. The molecule has 0 atom stereocenters. The maximum Gasteiger partial charge on any atom is 0.311 e. The molecule has 0 heterocycles. The highest BCUT2D eigenvalue weighted by atomic mass is 16.6. The Labute approximate surface area is 114 Å². The molecule has 0 saturated heterocycles. The Hall–Kier alpha value is -3.13. The molecular formula is C12H10N4O4. The number of benzene rings is 1. The van der Waals surface area contributed by atoms with E-state index in [2.05, 4.69) is 0 Å². The van der Waals surface area contributed by atoms with Gasteiger partial charge < -0.3 is 9.64 Å². The summed E-state index contributed by atoms with van der Waals surface area (Å²) in [6, 6.07) is 7.21. The van der Waals surface area contributed by atoms with E-state index in [4.69, 9.17) is 15.3 Å². The molecule has 0 radical (unpaired) electrons. The van der Waals surface area contributed by atoms with Crippen LogP contribution in [0.15, 0.2) is 18.2 Å². The number of hydrogen-bond acceptors (Lipinski definition) is 6. The summed E-state index contributed by atoms with van der Waals surface area (Å²) in [4.78, 5) is 23.3. The molecule has 0 aromatic heterocycles. The minimum Gasteiger partial charge on any atom is -0.490 e. The van der Waals surface area contributed by atoms with Crippen molar-refractivity contribution in [1.82, 2.24) is 4.90 Å². The third kappa shape index (κ3) is 3.21. The third-order valence-corrected chi connectivity index (χ3v) is 2.43. The lowest BCUT2D eigenvalue weighted by molar-refractivity contribution is -0.385. The number of nitro benzene ring substituents is 1. The minimum absolute atomic E-state index is 0.0167. The molecular weight excluding hydrogens is 264 g/mol. The highest BCUT2D eigenvalue weighted by molar-refractivity contribution is 5.95. The van der Waals surface area contributed by atoms with Crippen LogP contribution in [-0.2, 0) is 0 Å². The van der Waals surface area contributed by atoms with Crippen LogP contribution in [0.1, 0.15) is 10.4 Å². The van der Waals surface area contributed by atoms with Gasteiger partial charge in [0.25, 0.3) is 5.91 Å². The van der Waals surface area contributed by atoms with Crippen molar-refractivity contribution < 1.29 is 14.5 Å². The molecule has 1 rings (SSSR count). The second kappa shape index (κ2) is 6.71. The molecule has 0 saturated carbocycles. The summed E-state index contributed by atoms with van der Waals surface area (Å²) in [5, 5.41) is 28.1. The van der Waals surface area contributed by atoms with Crippen molar-refractivity contribution in [1.29, 1.82) is 10.5 Å². The Morgan fingerprint density at radius 3 is 2.45 bits per heavy atom. The van der Waals surface area contributed by atoms with E-state index < -0.39 is 10.8 Å². The van der Waals surface area contributed by atoms with Gasteiger partial charge in [-0.3, -0.25) is 14.9 Å². The molecule has 0 unspecified atom stereocenters. The average Bonchev–Trinajstić information content (AvgIpc) is 2.45. The number of amides is 1. The van der Waals surface area contributed by atoms with Gasteiger partial charge in [0.15, 0.2) is 5.75 Å². The number of nitriles is 2. The van der Waals surface area contributed by atoms with Gasteiger partial charge in [-0.25, -0.2) is 0 Å². The van der Waals surface area contributed by atoms with Crippen molar-refractivity contribution in [3.05, 3.63) is 33.9 Å². The summed E-state index contributed by atoms with van der Waals surface area (Å²) < 4.78 is 4.83. The number of nitrogens with zero attached hydrogens (tertiary/aromatic N) is 4. The summed E-state index contributed by atoms with van der Waals surface area (Å²) in [6.45, 7) is -0.543. The van der Waals surface area contributed by atoms with E-state index in [1.807, 2.05) is 0 Å². The normalized spacial score (nSPS) is 9.15. The number of carbonyl (C=O) groups excluding carboxylic acids is 1. The van der Waals surface area contributed by atoms with Gasteiger partial charge in [-0.05, 0) is 12.1 Å². The molecule has 0 fully saturated rings. The molecule has 0 aliphatic carbocycles. The molecule has 8 heteroatoms. The zero-order valence-electron chi connectivity index (χ0n) is 10.6. The molecule has 1 amide bonds. The van der Waals surface area contributed by atoms with Crippen molar-refractivity contribution in [3.63, 3.8) is 0 Å². The summed E-state index contributed by atoms with van der Waals surface area (Å²) in [5.41, 5.74) is -0.338. The molecule has 0 aliphatic heterocycles. The van der Waals surface area contributed by atoms with E-state index in [1.165, 1.54) is 19.2 Å². The first kappa shape index (κ1) is 14.9. The predicted octanol–water partition coefficient (Wildman–Crippen LogP) is 1.09. The average molecular weight is 274 g/mol. The maximum atomic E-state index is 12.1. The quantitative estimate of drug-likeness (QED) is 0.450. The lowest BCUT2D eigenvalue weighted by atomic mass is 10.1. The van der Waals surface area contributed by atoms with Crippen LogP contribution in [0.2, 0.25) is 0 Å². The van der Waals surface area contributed by atoms with E-state index in [9.17, 15) is 14.9 Å². The third-order valence-electron chi connectivity index (χ3n) is 2.43. The molecule has 8 nitrogen and oxygen atoms in total. The van der Waals surface area contributed by atoms with Gasteiger partial charge in [0, 0.05) is 11.6 Å². The van der Waals surface area contributed by atoms with Crippen molar-refractivity contribution in [2.24, 2.45) is 0 Å². The van der Waals surface area contributed by atoms with Crippen molar-refractivity contribution in [2.45, 2.75) is 0 Å². The first-order valence-corrected chi connectivity index (χ1v) is 5.40. The van der Waals surface area contributed by atoms with Crippen LogP contribution >= 0.6 is 0 Å². The molecule has 0 aliphatic rings. The van der Waals surface area contributed by atoms with Gasteiger partial charge in [0.2, 0.25) is 0 Å². The van der Waals surface area contributed by atoms with Crippen LogP contribution in [0.4, 0.5) is 5.69 Å². The number of hydrogen-bond donors (Lipinski definition) is 0. The summed E-state index contributed by atoms with van der Waals surface area (Å²) in [7, 11) is 1.28. The molecule has 102 valence electrons. The molecule has 0 N–H and O–H groups in total. The van der Waals surface area contributed by atoms with Gasteiger partial charge in [0.05, 0.1) is 24.2 Å². The van der Waals surface area contributed by atoms with Crippen LogP contribution in [-0.4, -0.2) is 35.9 Å². The van der Waals surface area contributed by atoms with Crippen molar-refractivity contribution in [2.75, 3.05) is 20.2 Å². The summed E-state index contributed by atoms with van der Waals surface area (Å²) >= 11 is 0. The number of ether oxygens (including phenoxy) is 1. The molecule has 1 aromatic carbocycles. The first-order chi connectivity index (χ1) is 9.54. The topological polar surface area (TPSA) is 120 Å². The van der Waals surface area contributed by atoms with Crippen LogP contribution < -0.4 is 4.74 Å². The number of carbonyl (C=O) groups is 1. The second-order valence-corrected chi connectivity index (χ2v) is 3.62. The maximum absolute atomic E-state index is 12.1. The largest absolute Gasteiger partial charge is 0.490 e. The highest BCUT2D eigenvalue weighted by Gasteiger charge is 2.21. The first-order valence-electron chi connectivity index (χ1n) is 5.40. The van der Waals surface area contributed by atoms with Crippen LogP contribution in [0.5, 0.6) is 5.75 Å². The lowest BCUT2D eigenvalue weighted by Crippen LogP contribution is -2.31. The Balaban J connectivity index is 3.17. The SMILES string of the molecule is COc1ccc(C(=O)N(CC#N)CC#N)cc1[N+](=O)[O-]. The van der Waals surface area contributed by atoms with E-state index in [0.29, 0.717) is 0 Å². The number of nitro groups is 1. The van der Waals surface area contributed by atoms with Gasteiger partial charge >= 0.3 is 5.69 Å². The Morgan fingerprint density at radius 2 is 2.00 bits per heavy atom. The van der Waals surface area contributed by atoms with Gasteiger partial charge in [0.1, 0.15) is 13.1 Å². The van der Waals surface area contributed by atoms with Crippen LogP contribution in [0, 0.1) is 32.8 Å². The zero-order valence-corrected chi connectivity index (χ0v) is 10.6. The van der Waals surface area contributed by atoms with Gasteiger partial charge in [-0.2, -0.15) is 10.5 Å². The smallest absolute Gasteiger partial charge is 0.311 e. The fraction of sp³-hybridized carbons (Fsp3) is 0.250. The number of methoxy groups -OCH3 is 1. The van der Waals surface area contributed by atoms with Crippen LogP contribution in [0.25, 0.3) is 0 Å². The van der Waals surface area contributed by atoms with Crippen molar-refractivity contribution >= 4 is 11.6 Å². The van der Waals surface area contributed by atoms with Crippen molar-refractivity contribution in [3.8, 4) is 17.9 Å². The second-order valence-electron chi connectivity index (χ2n) is 3.62. The van der Waals surface area contributed by atoms with E-state index >= 15 is 0 Å². The predicted molar refractivity (Wildman–Crippen MR) is 66.8 cm³/mol. The standard InChI is InChI=1S/C12H10N4O4/c1-20-11-3-2-9(8-10(11)16(18)19)12(17)15(6-4-13)7-5-14/h2-3,8H,6-7H2,1H3. The zero-order chi connectivity index (χ0) is 15.1. The van der Waals surface area contributed by atoms with E-state index in [0.717, 1.165) is 11.0 Å². The molecule has 1 aromatic rings. The minimum atomic E-state index is -0.672. The Morgan fingerprint density at radius 1 is 1.40 bits per heavy atom. The Kier molecular flexibility index (Phi) is 5.01. The molecule has 0 spiro atoms.